The van der Waals surface area contributed by atoms with Gasteiger partial charge in [0, 0.05) is 25.7 Å². The van der Waals surface area contributed by atoms with E-state index in [-0.39, 0.29) is 11.0 Å². The van der Waals surface area contributed by atoms with Crippen LogP contribution in [0, 0.1) is 11.3 Å². The van der Waals surface area contributed by atoms with Crippen LogP contribution in [0.4, 0.5) is 0 Å². The molecule has 0 spiro atoms. The number of nitrogens with two attached hydrogens (primary N) is 1. The maximum Gasteiger partial charge on any atom is 0.0503 e. The highest BCUT2D eigenvalue weighted by Crippen LogP contribution is 2.31. The number of hydrogen-bond donors (Lipinski definition) is 1. The fourth-order valence-electron chi connectivity index (χ4n) is 2.19. The topological polar surface area (TPSA) is 38.5 Å². The summed E-state index contributed by atoms with van der Waals surface area (Å²) in [5.74, 6) is 0.710. The Balaban J connectivity index is 2.45. The predicted octanol–water partition coefficient (Wildman–Crippen LogP) is 1.72. The molecule has 0 radical (unpaired) electrons. The fourth-order valence-corrected chi connectivity index (χ4v) is 2.19. The van der Waals surface area contributed by atoms with Gasteiger partial charge in [0.2, 0.25) is 0 Å². The zero-order chi connectivity index (χ0) is 12.4. The largest absolute Gasteiger partial charge is 0.384 e. The van der Waals surface area contributed by atoms with Gasteiger partial charge in [-0.2, -0.15) is 0 Å². The fraction of sp³-hybridized carbons (Fsp3) is 1.00. The summed E-state index contributed by atoms with van der Waals surface area (Å²) in [6, 6.07) is 0. The molecule has 2 N–H and O–H groups in total. The van der Waals surface area contributed by atoms with Gasteiger partial charge in [0.1, 0.15) is 0 Å². The van der Waals surface area contributed by atoms with Crippen molar-refractivity contribution in [1.82, 2.24) is 4.90 Å². The third-order valence-electron chi connectivity index (χ3n) is 4.14. The van der Waals surface area contributed by atoms with E-state index in [9.17, 15) is 0 Å². The third kappa shape index (κ3) is 3.44. The molecule has 0 aliphatic carbocycles. The van der Waals surface area contributed by atoms with Gasteiger partial charge in [0.15, 0.2) is 0 Å². The van der Waals surface area contributed by atoms with E-state index >= 15 is 0 Å². The van der Waals surface area contributed by atoms with Crippen LogP contribution in [-0.2, 0) is 4.74 Å². The summed E-state index contributed by atoms with van der Waals surface area (Å²) in [7, 11) is 1.79. The maximum absolute atomic E-state index is 6.23. The molecule has 1 unspecified atom stereocenters. The summed E-state index contributed by atoms with van der Waals surface area (Å²) < 4.78 is 5.22. The maximum atomic E-state index is 6.23. The molecular formula is C13H28N2O. The van der Waals surface area contributed by atoms with Crippen LogP contribution in [0.2, 0.25) is 0 Å². The monoisotopic (exact) mass is 228 g/mol. The first kappa shape index (κ1) is 13.9. The highest BCUT2D eigenvalue weighted by atomic mass is 16.5. The number of hydrogen-bond acceptors (Lipinski definition) is 3. The first-order chi connectivity index (χ1) is 7.26. The van der Waals surface area contributed by atoms with Gasteiger partial charge in [-0.15, -0.1) is 0 Å². The van der Waals surface area contributed by atoms with Crippen molar-refractivity contribution in [3.8, 4) is 0 Å². The smallest absolute Gasteiger partial charge is 0.0503 e. The van der Waals surface area contributed by atoms with Crippen LogP contribution >= 0.6 is 0 Å². The quantitative estimate of drug-likeness (QED) is 0.778. The minimum Gasteiger partial charge on any atom is -0.384 e. The summed E-state index contributed by atoms with van der Waals surface area (Å²) in [4.78, 5) is 2.53. The Morgan fingerprint density at radius 1 is 1.31 bits per heavy atom. The van der Waals surface area contributed by atoms with Gasteiger partial charge in [0.05, 0.1) is 6.61 Å². The van der Waals surface area contributed by atoms with Gasteiger partial charge >= 0.3 is 0 Å². The number of nitrogens with zero attached hydrogens (tertiary/aromatic N) is 1. The lowest BCUT2D eigenvalue weighted by Gasteiger charge is -2.41. The summed E-state index contributed by atoms with van der Waals surface area (Å²) in [6.07, 6.45) is 1.26. The Morgan fingerprint density at radius 3 is 2.44 bits per heavy atom. The van der Waals surface area contributed by atoms with Crippen LogP contribution in [0.1, 0.15) is 34.1 Å². The molecule has 1 rings (SSSR count). The van der Waals surface area contributed by atoms with Crippen molar-refractivity contribution < 1.29 is 4.74 Å². The lowest BCUT2D eigenvalue weighted by atomic mass is 9.75. The Morgan fingerprint density at radius 2 is 1.94 bits per heavy atom. The molecule has 0 aromatic heterocycles. The summed E-state index contributed by atoms with van der Waals surface area (Å²) in [6.45, 7) is 13.1. The van der Waals surface area contributed by atoms with Crippen molar-refractivity contribution in [3.05, 3.63) is 0 Å². The second-order valence-corrected chi connectivity index (χ2v) is 6.45. The molecule has 0 saturated carbocycles. The van der Waals surface area contributed by atoms with E-state index in [1.165, 1.54) is 13.0 Å². The summed E-state index contributed by atoms with van der Waals surface area (Å²) in [5.41, 5.74) is 6.25. The molecule has 3 heteroatoms. The predicted molar refractivity (Wildman–Crippen MR) is 68.5 cm³/mol. The van der Waals surface area contributed by atoms with Crippen LogP contribution in [0.5, 0.6) is 0 Å². The first-order valence-electron chi connectivity index (χ1n) is 6.26. The molecule has 96 valence electrons. The molecule has 1 atom stereocenters. The molecule has 0 aromatic carbocycles. The van der Waals surface area contributed by atoms with Gasteiger partial charge in [-0.1, -0.05) is 13.8 Å². The van der Waals surface area contributed by atoms with E-state index in [2.05, 4.69) is 32.6 Å². The van der Waals surface area contributed by atoms with E-state index < -0.39 is 0 Å². The molecule has 1 heterocycles. The van der Waals surface area contributed by atoms with E-state index in [0.29, 0.717) is 5.92 Å². The highest BCUT2D eigenvalue weighted by Gasteiger charge is 2.36. The van der Waals surface area contributed by atoms with E-state index in [0.717, 1.165) is 19.7 Å². The molecule has 0 bridgehead atoms. The molecule has 1 saturated heterocycles. The van der Waals surface area contributed by atoms with E-state index in [1.54, 1.807) is 7.11 Å². The van der Waals surface area contributed by atoms with E-state index in [1.807, 2.05) is 0 Å². The lowest BCUT2D eigenvalue weighted by molar-refractivity contribution is 0.116. The number of rotatable bonds is 5. The lowest BCUT2D eigenvalue weighted by Crippen LogP contribution is -2.52. The van der Waals surface area contributed by atoms with E-state index in [4.69, 9.17) is 10.5 Å². The highest BCUT2D eigenvalue weighted by molar-refractivity contribution is 4.93. The Hall–Kier alpha value is -0.120. The SMILES string of the molecule is COCC1CCN(CC(C)(C)C(C)(C)N)C1. The number of ether oxygens (including phenoxy) is 1. The minimum absolute atomic E-state index is 0.133. The van der Waals surface area contributed by atoms with Gasteiger partial charge in [-0.05, 0) is 38.1 Å². The average Bonchev–Trinajstić information content (AvgIpc) is 2.50. The van der Waals surface area contributed by atoms with Gasteiger partial charge < -0.3 is 15.4 Å². The number of likely N-dealkylation sites (tertiary alicyclic amines) is 1. The van der Waals surface area contributed by atoms with Crippen molar-refractivity contribution in [2.45, 2.75) is 39.7 Å². The second kappa shape index (κ2) is 5.03. The molecule has 0 aromatic rings. The van der Waals surface area contributed by atoms with Crippen LogP contribution in [0.15, 0.2) is 0 Å². The molecule has 1 fully saturated rings. The second-order valence-electron chi connectivity index (χ2n) is 6.45. The van der Waals surface area contributed by atoms with Crippen molar-refractivity contribution in [2.75, 3.05) is 33.4 Å². The average molecular weight is 228 g/mol. The molecule has 1 aliphatic heterocycles. The van der Waals surface area contributed by atoms with Gasteiger partial charge in [0.25, 0.3) is 0 Å². The van der Waals surface area contributed by atoms with Gasteiger partial charge in [-0.3, -0.25) is 0 Å². The molecular weight excluding hydrogens is 200 g/mol. The summed E-state index contributed by atoms with van der Waals surface area (Å²) >= 11 is 0. The Labute approximate surface area is 100 Å². The Kier molecular flexibility index (Phi) is 4.38. The normalized spacial score (nSPS) is 24.0. The molecule has 3 nitrogen and oxygen atoms in total. The van der Waals surface area contributed by atoms with Crippen molar-refractivity contribution in [3.63, 3.8) is 0 Å². The third-order valence-corrected chi connectivity index (χ3v) is 4.14. The van der Waals surface area contributed by atoms with Crippen LogP contribution < -0.4 is 5.73 Å². The van der Waals surface area contributed by atoms with Crippen LogP contribution in [0.25, 0.3) is 0 Å². The van der Waals surface area contributed by atoms with Crippen molar-refractivity contribution in [2.24, 2.45) is 17.1 Å². The zero-order valence-corrected chi connectivity index (χ0v) is 11.5. The molecule has 16 heavy (non-hydrogen) atoms. The van der Waals surface area contributed by atoms with Gasteiger partial charge in [-0.25, -0.2) is 0 Å². The molecule has 1 aliphatic rings. The first-order valence-corrected chi connectivity index (χ1v) is 6.26. The van der Waals surface area contributed by atoms with Crippen molar-refractivity contribution in [1.29, 1.82) is 0 Å². The standard InChI is InChI=1S/C13H28N2O/c1-12(2,13(3,4)14)10-15-7-6-11(8-15)9-16-5/h11H,6-10,14H2,1-5H3. The number of methoxy groups -OCH3 is 1. The summed E-state index contributed by atoms with van der Waals surface area (Å²) in [5, 5.41) is 0. The Bertz CT molecular complexity index is 220. The molecule has 0 amide bonds. The minimum atomic E-state index is -0.133. The zero-order valence-electron chi connectivity index (χ0n) is 11.5. The van der Waals surface area contributed by atoms with Crippen LogP contribution in [-0.4, -0.2) is 43.8 Å². The van der Waals surface area contributed by atoms with Crippen molar-refractivity contribution >= 4 is 0 Å². The van der Waals surface area contributed by atoms with Crippen LogP contribution in [0.3, 0.4) is 0 Å².